The molecule has 4 heteroatoms. The van der Waals surface area contributed by atoms with Gasteiger partial charge < -0.3 is 10.6 Å². The van der Waals surface area contributed by atoms with Crippen molar-refractivity contribution in [3.05, 3.63) is 82.7 Å². The zero-order valence-corrected chi connectivity index (χ0v) is 14.7. The number of hydrogen-bond acceptors (Lipinski definition) is 3. The summed E-state index contributed by atoms with van der Waals surface area (Å²) in [6.07, 6.45) is 0.586. The Hall–Kier alpha value is -2.43. The van der Waals surface area contributed by atoms with E-state index in [9.17, 15) is 4.79 Å². The Labute approximate surface area is 151 Å². The lowest BCUT2D eigenvalue weighted by atomic mass is 10.1. The highest BCUT2D eigenvalue weighted by Crippen LogP contribution is 2.29. The van der Waals surface area contributed by atoms with Crippen molar-refractivity contribution in [1.82, 2.24) is 4.90 Å². The Bertz CT molecular complexity index is 863. The quantitative estimate of drug-likeness (QED) is 0.779. The molecule has 1 atom stereocenters. The van der Waals surface area contributed by atoms with Crippen molar-refractivity contribution in [2.24, 2.45) is 5.73 Å². The minimum Gasteiger partial charge on any atom is -0.333 e. The summed E-state index contributed by atoms with van der Waals surface area (Å²) >= 11 is 1.71. The van der Waals surface area contributed by atoms with E-state index in [-0.39, 0.29) is 5.91 Å². The van der Waals surface area contributed by atoms with Crippen molar-refractivity contribution in [1.29, 1.82) is 0 Å². The molecule has 2 heterocycles. The maximum absolute atomic E-state index is 12.7. The maximum Gasteiger partial charge on any atom is 0.240 e. The summed E-state index contributed by atoms with van der Waals surface area (Å²) in [5, 5.41) is 0. The van der Waals surface area contributed by atoms with Gasteiger partial charge in [-0.2, -0.15) is 0 Å². The van der Waals surface area contributed by atoms with Crippen LogP contribution in [0.3, 0.4) is 0 Å². The van der Waals surface area contributed by atoms with Crippen molar-refractivity contribution < 1.29 is 4.79 Å². The van der Waals surface area contributed by atoms with Crippen molar-refractivity contribution >= 4 is 17.2 Å². The number of nitrogens with two attached hydrogens (primary N) is 1. The molecule has 4 rings (SSSR count). The highest BCUT2D eigenvalue weighted by Gasteiger charge is 2.27. The minimum atomic E-state index is -0.489. The van der Waals surface area contributed by atoms with Crippen LogP contribution in [0.2, 0.25) is 0 Å². The monoisotopic (exact) mass is 348 g/mol. The van der Waals surface area contributed by atoms with E-state index in [0.717, 1.165) is 4.88 Å². The second-order valence-corrected chi connectivity index (χ2v) is 7.57. The van der Waals surface area contributed by atoms with Gasteiger partial charge in [0.25, 0.3) is 0 Å². The second-order valence-electron chi connectivity index (χ2n) is 6.41. The number of rotatable bonds is 4. The topological polar surface area (TPSA) is 46.3 Å². The first-order chi connectivity index (χ1) is 12.2. The van der Waals surface area contributed by atoms with Crippen molar-refractivity contribution in [2.75, 3.05) is 0 Å². The molecule has 3 aromatic rings. The molecular formula is C21H20N2OS. The number of benzene rings is 2. The molecule has 3 nitrogen and oxygen atoms in total. The molecule has 0 bridgehead atoms. The third-order valence-corrected chi connectivity index (χ3v) is 5.77. The zero-order chi connectivity index (χ0) is 17.2. The third-order valence-electron chi connectivity index (χ3n) is 4.61. The first kappa shape index (κ1) is 16.1. The summed E-state index contributed by atoms with van der Waals surface area (Å²) in [6.45, 7) is 1.34. The lowest BCUT2D eigenvalue weighted by Gasteiger charge is -2.20. The summed E-state index contributed by atoms with van der Waals surface area (Å²) in [7, 11) is 0. The Kier molecular flexibility index (Phi) is 4.38. The number of fused-ring (bicyclic) bond motifs is 1. The van der Waals surface area contributed by atoms with Gasteiger partial charge in [0.2, 0.25) is 5.91 Å². The smallest absolute Gasteiger partial charge is 0.240 e. The molecule has 0 radical (unpaired) electrons. The number of carbonyl (C=O) groups excluding carboxylic acids is 1. The molecule has 25 heavy (non-hydrogen) atoms. The highest BCUT2D eigenvalue weighted by atomic mass is 32.1. The molecule has 1 aromatic heterocycles. The molecule has 0 fully saturated rings. The zero-order valence-electron chi connectivity index (χ0n) is 13.9. The first-order valence-corrected chi connectivity index (χ1v) is 9.27. The molecule has 2 N–H and O–H groups in total. The molecule has 0 aliphatic carbocycles. The van der Waals surface area contributed by atoms with Crippen LogP contribution in [0.1, 0.15) is 16.0 Å². The van der Waals surface area contributed by atoms with Gasteiger partial charge in [-0.1, -0.05) is 54.6 Å². The Morgan fingerprint density at radius 2 is 1.60 bits per heavy atom. The van der Waals surface area contributed by atoms with Gasteiger partial charge in [0, 0.05) is 29.3 Å². The number of hydrogen-bond donors (Lipinski definition) is 1. The van der Waals surface area contributed by atoms with Crippen LogP contribution in [0.4, 0.5) is 0 Å². The summed E-state index contributed by atoms with van der Waals surface area (Å²) in [5.41, 5.74) is 9.88. The normalized spacial score (nSPS) is 14.4. The first-order valence-electron chi connectivity index (χ1n) is 8.46. The number of nitrogens with zero attached hydrogens (tertiary/aromatic N) is 1. The highest BCUT2D eigenvalue weighted by molar-refractivity contribution is 7.15. The average Bonchev–Trinajstić information content (AvgIpc) is 3.28. The van der Waals surface area contributed by atoms with E-state index in [2.05, 4.69) is 36.4 Å². The summed E-state index contributed by atoms with van der Waals surface area (Å²) in [5.74, 6) is 0.0332. The third kappa shape index (κ3) is 3.36. The molecule has 2 aromatic carbocycles. The number of thiophene rings is 1. The fraction of sp³-hybridized carbons (Fsp3) is 0.190. The predicted octanol–water partition coefficient (Wildman–Crippen LogP) is 3.83. The molecule has 0 saturated carbocycles. The lowest BCUT2D eigenvalue weighted by Crippen LogP contribution is -2.42. The van der Waals surface area contributed by atoms with E-state index < -0.39 is 6.04 Å². The van der Waals surface area contributed by atoms with Crippen LogP contribution in [0.25, 0.3) is 10.4 Å². The van der Waals surface area contributed by atoms with Gasteiger partial charge in [-0.25, -0.2) is 0 Å². The Balaban J connectivity index is 1.42. The fourth-order valence-electron chi connectivity index (χ4n) is 3.27. The van der Waals surface area contributed by atoms with Gasteiger partial charge >= 0.3 is 0 Å². The standard InChI is InChI=1S/C21H20N2OS/c22-19(21(24)23-13-16-8-4-5-9-17(16)14-23)12-18-10-11-20(25-18)15-6-2-1-3-7-15/h1-11,19H,12-14,22H2/t19-/m1/s1. The fourth-order valence-corrected chi connectivity index (χ4v) is 4.34. The van der Waals surface area contributed by atoms with Gasteiger partial charge in [0.15, 0.2) is 0 Å². The largest absolute Gasteiger partial charge is 0.333 e. The van der Waals surface area contributed by atoms with Crippen LogP contribution in [0.15, 0.2) is 66.7 Å². The molecule has 0 spiro atoms. The van der Waals surface area contributed by atoms with E-state index >= 15 is 0 Å². The number of carbonyl (C=O) groups is 1. The van der Waals surface area contributed by atoms with E-state index in [1.165, 1.54) is 21.6 Å². The van der Waals surface area contributed by atoms with Gasteiger partial charge in [0.05, 0.1) is 6.04 Å². The second kappa shape index (κ2) is 6.82. The molecule has 0 unspecified atom stereocenters. The maximum atomic E-state index is 12.7. The van der Waals surface area contributed by atoms with Gasteiger partial charge in [-0.05, 0) is 28.8 Å². The Morgan fingerprint density at radius 1 is 0.960 bits per heavy atom. The molecule has 1 aliphatic heterocycles. The lowest BCUT2D eigenvalue weighted by molar-refractivity contribution is -0.133. The molecule has 1 amide bonds. The van der Waals surface area contributed by atoms with Crippen molar-refractivity contribution in [3.8, 4) is 10.4 Å². The van der Waals surface area contributed by atoms with Crippen LogP contribution in [0, 0.1) is 0 Å². The van der Waals surface area contributed by atoms with Gasteiger partial charge in [0.1, 0.15) is 0 Å². The summed E-state index contributed by atoms with van der Waals surface area (Å²) in [4.78, 5) is 16.9. The van der Waals surface area contributed by atoms with Crippen LogP contribution in [0.5, 0.6) is 0 Å². The van der Waals surface area contributed by atoms with Crippen LogP contribution >= 0.6 is 11.3 Å². The van der Waals surface area contributed by atoms with Crippen LogP contribution in [-0.4, -0.2) is 16.8 Å². The molecular weight excluding hydrogens is 328 g/mol. The van der Waals surface area contributed by atoms with Crippen LogP contribution < -0.4 is 5.73 Å². The SMILES string of the molecule is N[C@H](Cc1ccc(-c2ccccc2)s1)C(=O)N1Cc2ccccc2C1. The van der Waals surface area contributed by atoms with Crippen LogP contribution in [-0.2, 0) is 24.3 Å². The van der Waals surface area contributed by atoms with E-state index in [4.69, 9.17) is 5.73 Å². The molecule has 1 aliphatic rings. The van der Waals surface area contributed by atoms with Crippen molar-refractivity contribution in [2.45, 2.75) is 25.6 Å². The van der Waals surface area contributed by atoms with E-state index in [1.807, 2.05) is 35.2 Å². The van der Waals surface area contributed by atoms with E-state index in [0.29, 0.717) is 19.5 Å². The number of amides is 1. The molecule has 0 saturated heterocycles. The van der Waals surface area contributed by atoms with E-state index in [1.54, 1.807) is 11.3 Å². The average molecular weight is 348 g/mol. The van der Waals surface area contributed by atoms with Crippen molar-refractivity contribution in [3.63, 3.8) is 0 Å². The Morgan fingerprint density at radius 3 is 2.28 bits per heavy atom. The minimum absolute atomic E-state index is 0.0332. The van der Waals surface area contributed by atoms with Gasteiger partial charge in [-0.15, -0.1) is 11.3 Å². The molecule has 126 valence electrons. The summed E-state index contributed by atoms with van der Waals surface area (Å²) in [6, 6.07) is 22.2. The van der Waals surface area contributed by atoms with Gasteiger partial charge in [-0.3, -0.25) is 4.79 Å². The predicted molar refractivity (Wildman–Crippen MR) is 102 cm³/mol. The summed E-state index contributed by atoms with van der Waals surface area (Å²) < 4.78 is 0.